The summed E-state index contributed by atoms with van der Waals surface area (Å²) in [6, 6.07) is 6.43. The molecule has 1 saturated carbocycles. The Morgan fingerprint density at radius 3 is 2.55 bits per heavy atom. The van der Waals surface area contributed by atoms with Gasteiger partial charge in [-0.25, -0.2) is 19.9 Å². The van der Waals surface area contributed by atoms with Gasteiger partial charge in [-0.2, -0.15) is 0 Å². The van der Waals surface area contributed by atoms with Crippen molar-refractivity contribution in [3.05, 3.63) is 47.5 Å². The van der Waals surface area contributed by atoms with E-state index in [-0.39, 0.29) is 0 Å². The molecule has 2 aliphatic rings. The SMILES string of the molecule is Clc1nccc2ccc(NC3CCC(CNc4ncc(CCCC5COC5)cn4)CC3)nc12. The lowest BCUT2D eigenvalue weighted by atomic mass is 9.86. The molecule has 0 radical (unpaired) electrons. The van der Waals surface area contributed by atoms with Crippen LogP contribution in [-0.4, -0.2) is 45.7 Å². The maximum atomic E-state index is 6.20. The van der Waals surface area contributed by atoms with E-state index in [1.54, 1.807) is 6.20 Å². The van der Waals surface area contributed by atoms with E-state index in [0.29, 0.717) is 17.1 Å². The summed E-state index contributed by atoms with van der Waals surface area (Å²) in [7, 11) is 0. The number of anilines is 2. The summed E-state index contributed by atoms with van der Waals surface area (Å²) in [6.45, 7) is 2.79. The van der Waals surface area contributed by atoms with Gasteiger partial charge in [0.05, 0.1) is 13.2 Å². The first kappa shape index (κ1) is 22.3. The van der Waals surface area contributed by atoms with Crippen LogP contribution in [0.4, 0.5) is 11.8 Å². The molecule has 1 aliphatic carbocycles. The molecule has 0 unspecified atom stereocenters. The van der Waals surface area contributed by atoms with Gasteiger partial charge in [-0.1, -0.05) is 11.6 Å². The van der Waals surface area contributed by atoms with Gasteiger partial charge in [-0.15, -0.1) is 0 Å². The third kappa shape index (κ3) is 5.89. The number of halogens is 1. The number of nitrogens with zero attached hydrogens (tertiary/aromatic N) is 4. The molecule has 4 heterocycles. The number of hydrogen-bond donors (Lipinski definition) is 2. The molecule has 0 aromatic carbocycles. The second-order valence-corrected chi connectivity index (χ2v) is 9.68. The summed E-state index contributed by atoms with van der Waals surface area (Å²) in [4.78, 5) is 17.8. The molecule has 0 amide bonds. The summed E-state index contributed by atoms with van der Waals surface area (Å²) >= 11 is 6.20. The van der Waals surface area contributed by atoms with Crippen LogP contribution in [0, 0.1) is 11.8 Å². The molecule has 3 aromatic heterocycles. The number of nitrogens with one attached hydrogen (secondary N) is 2. The van der Waals surface area contributed by atoms with Gasteiger partial charge in [0.1, 0.15) is 11.3 Å². The van der Waals surface area contributed by atoms with Crippen LogP contribution in [0.2, 0.25) is 5.15 Å². The number of aryl methyl sites for hydroxylation is 1. The van der Waals surface area contributed by atoms with Crippen LogP contribution in [0.15, 0.2) is 36.8 Å². The fraction of sp³-hybridized carbons (Fsp3) is 0.520. The topological polar surface area (TPSA) is 84.9 Å². The number of hydrogen-bond acceptors (Lipinski definition) is 7. The van der Waals surface area contributed by atoms with Crippen molar-refractivity contribution in [2.24, 2.45) is 11.8 Å². The number of fused-ring (bicyclic) bond motifs is 1. The Hall–Kier alpha value is -2.51. The van der Waals surface area contributed by atoms with Crippen LogP contribution in [0.5, 0.6) is 0 Å². The third-order valence-electron chi connectivity index (χ3n) is 6.80. The van der Waals surface area contributed by atoms with Crippen LogP contribution >= 0.6 is 11.6 Å². The van der Waals surface area contributed by atoms with Crippen molar-refractivity contribution in [1.82, 2.24) is 19.9 Å². The highest BCUT2D eigenvalue weighted by atomic mass is 35.5. The second-order valence-electron chi connectivity index (χ2n) is 9.32. The third-order valence-corrected chi connectivity index (χ3v) is 7.08. The normalized spacial score (nSPS) is 21.0. The molecular formula is C25H31ClN6O. The van der Waals surface area contributed by atoms with E-state index in [1.807, 2.05) is 30.6 Å². The molecule has 1 aliphatic heterocycles. The van der Waals surface area contributed by atoms with Crippen LogP contribution < -0.4 is 10.6 Å². The Kier molecular flexibility index (Phi) is 7.17. The lowest BCUT2D eigenvalue weighted by Crippen LogP contribution is -2.29. The Bertz CT molecular complexity index is 1050. The van der Waals surface area contributed by atoms with E-state index < -0.39 is 0 Å². The molecule has 3 aromatic rings. The first-order chi connectivity index (χ1) is 16.2. The molecule has 0 atom stereocenters. The summed E-state index contributed by atoms with van der Waals surface area (Å²) in [5, 5.41) is 8.47. The van der Waals surface area contributed by atoms with Crippen molar-refractivity contribution < 1.29 is 4.74 Å². The number of rotatable bonds is 9. The Balaban J connectivity index is 1.03. The minimum Gasteiger partial charge on any atom is -0.381 e. The molecule has 5 rings (SSSR count). The lowest BCUT2D eigenvalue weighted by Gasteiger charge is -2.29. The van der Waals surface area contributed by atoms with Crippen molar-refractivity contribution in [2.45, 2.75) is 51.0 Å². The highest BCUT2D eigenvalue weighted by Gasteiger charge is 2.22. The van der Waals surface area contributed by atoms with Gasteiger partial charge in [0.15, 0.2) is 5.15 Å². The van der Waals surface area contributed by atoms with Crippen molar-refractivity contribution in [3.63, 3.8) is 0 Å². The number of ether oxygens (including phenoxy) is 1. The minimum atomic E-state index is 0.434. The average Bonchev–Trinajstić information content (AvgIpc) is 2.81. The van der Waals surface area contributed by atoms with E-state index in [4.69, 9.17) is 16.3 Å². The van der Waals surface area contributed by atoms with Gasteiger partial charge in [-0.05, 0) is 74.6 Å². The van der Waals surface area contributed by atoms with Crippen LogP contribution in [0.1, 0.15) is 44.1 Å². The fourth-order valence-corrected chi connectivity index (χ4v) is 4.88. The van der Waals surface area contributed by atoms with Crippen LogP contribution in [0.25, 0.3) is 10.9 Å². The van der Waals surface area contributed by atoms with Gasteiger partial charge < -0.3 is 15.4 Å². The van der Waals surface area contributed by atoms with E-state index in [9.17, 15) is 0 Å². The number of aromatic nitrogens is 4. The zero-order chi connectivity index (χ0) is 22.5. The molecule has 33 heavy (non-hydrogen) atoms. The maximum Gasteiger partial charge on any atom is 0.222 e. The molecule has 174 valence electrons. The molecule has 2 N–H and O–H groups in total. The Morgan fingerprint density at radius 1 is 0.970 bits per heavy atom. The van der Waals surface area contributed by atoms with E-state index in [0.717, 1.165) is 67.6 Å². The van der Waals surface area contributed by atoms with Crippen molar-refractivity contribution in [3.8, 4) is 0 Å². The highest BCUT2D eigenvalue weighted by Crippen LogP contribution is 2.28. The van der Waals surface area contributed by atoms with Crippen molar-refractivity contribution >= 4 is 34.3 Å². The zero-order valence-corrected chi connectivity index (χ0v) is 19.6. The predicted molar refractivity (Wildman–Crippen MR) is 132 cm³/mol. The second kappa shape index (κ2) is 10.6. The zero-order valence-electron chi connectivity index (χ0n) is 18.8. The largest absolute Gasteiger partial charge is 0.381 e. The lowest BCUT2D eigenvalue weighted by molar-refractivity contribution is -0.0361. The van der Waals surface area contributed by atoms with Crippen molar-refractivity contribution in [2.75, 3.05) is 30.4 Å². The van der Waals surface area contributed by atoms with E-state index in [1.165, 1.54) is 31.2 Å². The summed E-state index contributed by atoms with van der Waals surface area (Å²) in [5.74, 6) is 3.00. The first-order valence-corrected chi connectivity index (χ1v) is 12.4. The standard InChI is InChI=1S/C25H31ClN6O/c26-24-23-20(10-11-27-24)6-9-22(32-23)31-21-7-4-17(5-8-21)12-28-25-29-13-18(14-30-25)2-1-3-19-15-33-16-19/h6,9-11,13-14,17,19,21H,1-5,7-8,12,15-16H2,(H,31,32)(H,28,29,30). The molecule has 1 saturated heterocycles. The monoisotopic (exact) mass is 466 g/mol. The smallest absolute Gasteiger partial charge is 0.222 e. The molecule has 2 fully saturated rings. The average molecular weight is 467 g/mol. The van der Waals surface area contributed by atoms with Gasteiger partial charge >= 0.3 is 0 Å². The predicted octanol–water partition coefficient (Wildman–Crippen LogP) is 5.13. The van der Waals surface area contributed by atoms with E-state index >= 15 is 0 Å². The minimum absolute atomic E-state index is 0.434. The maximum absolute atomic E-state index is 6.20. The molecule has 7 nitrogen and oxygen atoms in total. The van der Waals surface area contributed by atoms with Crippen molar-refractivity contribution in [1.29, 1.82) is 0 Å². The Morgan fingerprint density at radius 2 is 1.79 bits per heavy atom. The van der Waals surface area contributed by atoms with Gasteiger partial charge in [0, 0.05) is 42.5 Å². The van der Waals surface area contributed by atoms with Crippen LogP contribution in [-0.2, 0) is 11.2 Å². The first-order valence-electron chi connectivity index (χ1n) is 12.0. The Labute approximate surface area is 199 Å². The number of pyridine rings is 2. The van der Waals surface area contributed by atoms with Crippen LogP contribution in [0.3, 0.4) is 0 Å². The van der Waals surface area contributed by atoms with Gasteiger partial charge in [0.25, 0.3) is 0 Å². The molecule has 0 spiro atoms. The summed E-state index contributed by atoms with van der Waals surface area (Å²) in [5.41, 5.74) is 1.97. The van der Waals surface area contributed by atoms with Gasteiger partial charge in [0.2, 0.25) is 5.95 Å². The summed E-state index contributed by atoms with van der Waals surface area (Å²) in [6.07, 6.45) is 13.7. The molecule has 8 heteroatoms. The van der Waals surface area contributed by atoms with Gasteiger partial charge in [-0.3, -0.25) is 0 Å². The quantitative estimate of drug-likeness (QED) is 0.423. The summed E-state index contributed by atoms with van der Waals surface area (Å²) < 4.78 is 5.23. The fourth-order valence-electron chi connectivity index (χ4n) is 4.67. The molecular weight excluding hydrogens is 436 g/mol. The molecule has 0 bridgehead atoms. The highest BCUT2D eigenvalue weighted by molar-refractivity contribution is 6.33. The van der Waals surface area contributed by atoms with E-state index in [2.05, 4.69) is 30.6 Å².